The van der Waals surface area contributed by atoms with Crippen LogP contribution in [0.2, 0.25) is 0 Å². The van der Waals surface area contributed by atoms with Gasteiger partial charge in [-0.15, -0.1) is 0 Å². The largest absolute Gasteiger partial charge is 0.495 e. The van der Waals surface area contributed by atoms with Crippen LogP contribution in [0.4, 0.5) is 5.69 Å². The molecular formula is C14H23N3O3S. The Morgan fingerprint density at radius 2 is 2.05 bits per heavy atom. The normalized spacial score (nSPS) is 17.7. The second kappa shape index (κ2) is 6.64. The van der Waals surface area contributed by atoms with Crippen LogP contribution < -0.4 is 15.2 Å². The Bertz CT molecular complexity index is 581. The number of piperidine rings is 1. The fraction of sp³-hybridized carbons (Fsp3) is 0.571. The van der Waals surface area contributed by atoms with E-state index in [4.69, 9.17) is 10.5 Å². The van der Waals surface area contributed by atoms with Gasteiger partial charge in [0.05, 0.1) is 12.8 Å². The maximum absolute atomic E-state index is 12.4. The molecule has 118 valence electrons. The van der Waals surface area contributed by atoms with Gasteiger partial charge in [0, 0.05) is 19.6 Å². The number of ether oxygens (including phenoxy) is 1. The number of nitrogens with zero attached hydrogens (tertiary/aromatic N) is 1. The van der Waals surface area contributed by atoms with Crippen molar-refractivity contribution < 1.29 is 13.2 Å². The van der Waals surface area contributed by atoms with E-state index < -0.39 is 10.2 Å². The summed E-state index contributed by atoms with van der Waals surface area (Å²) in [5.41, 5.74) is 6.91. The summed E-state index contributed by atoms with van der Waals surface area (Å²) in [7, 11) is -2.03. The summed E-state index contributed by atoms with van der Waals surface area (Å²) in [4.78, 5) is 0. The molecule has 0 radical (unpaired) electrons. The van der Waals surface area contributed by atoms with Crippen LogP contribution in [0.15, 0.2) is 18.2 Å². The van der Waals surface area contributed by atoms with Gasteiger partial charge in [0.1, 0.15) is 5.75 Å². The highest BCUT2D eigenvalue weighted by atomic mass is 32.2. The first-order valence-electron chi connectivity index (χ1n) is 7.11. The summed E-state index contributed by atoms with van der Waals surface area (Å²) in [6.07, 6.45) is 1.79. The van der Waals surface area contributed by atoms with Gasteiger partial charge >= 0.3 is 10.2 Å². The minimum atomic E-state index is -3.54. The second-order valence-electron chi connectivity index (χ2n) is 5.43. The number of methoxy groups -OCH3 is 1. The minimum Gasteiger partial charge on any atom is -0.495 e. The quantitative estimate of drug-likeness (QED) is 0.863. The third kappa shape index (κ3) is 3.87. The van der Waals surface area contributed by atoms with E-state index >= 15 is 0 Å². The molecule has 1 aliphatic heterocycles. The molecule has 1 fully saturated rings. The molecule has 0 aliphatic carbocycles. The lowest BCUT2D eigenvalue weighted by molar-refractivity contribution is 0.289. The van der Waals surface area contributed by atoms with Gasteiger partial charge < -0.3 is 10.5 Å². The van der Waals surface area contributed by atoms with E-state index in [1.807, 2.05) is 0 Å². The molecule has 0 saturated carbocycles. The van der Waals surface area contributed by atoms with Gasteiger partial charge in [-0.05, 0) is 36.5 Å². The molecule has 0 bridgehead atoms. The molecule has 1 aliphatic rings. The highest BCUT2D eigenvalue weighted by Gasteiger charge is 2.27. The first-order chi connectivity index (χ1) is 9.96. The van der Waals surface area contributed by atoms with Crippen molar-refractivity contribution in [3.63, 3.8) is 0 Å². The van der Waals surface area contributed by atoms with Crippen molar-refractivity contribution in [3.8, 4) is 5.75 Å². The lowest BCUT2D eigenvalue weighted by Crippen LogP contribution is -2.41. The minimum absolute atomic E-state index is 0.382. The summed E-state index contributed by atoms with van der Waals surface area (Å²) in [6.45, 7) is 3.64. The highest BCUT2D eigenvalue weighted by Crippen LogP contribution is 2.28. The van der Waals surface area contributed by atoms with Crippen LogP contribution in [-0.4, -0.2) is 32.9 Å². The standard InChI is InChI=1S/C14H23N3O3S/c1-11-5-7-17(8-6-11)21(18,19)16-13-4-3-12(10-15)9-14(13)20-2/h3-4,9,11,16H,5-8,10,15H2,1-2H3. The third-order valence-electron chi connectivity index (χ3n) is 3.82. The summed E-state index contributed by atoms with van der Waals surface area (Å²) in [5.74, 6) is 1.06. The predicted molar refractivity (Wildman–Crippen MR) is 83.4 cm³/mol. The summed E-state index contributed by atoms with van der Waals surface area (Å²) in [6, 6.07) is 5.22. The van der Waals surface area contributed by atoms with Crippen LogP contribution in [0.5, 0.6) is 5.75 Å². The van der Waals surface area contributed by atoms with Crippen molar-refractivity contribution in [2.45, 2.75) is 26.3 Å². The van der Waals surface area contributed by atoms with Crippen LogP contribution in [-0.2, 0) is 16.8 Å². The Kier molecular flexibility index (Phi) is 5.08. The fourth-order valence-electron chi connectivity index (χ4n) is 2.38. The van der Waals surface area contributed by atoms with E-state index in [2.05, 4.69) is 11.6 Å². The molecular weight excluding hydrogens is 290 g/mol. The molecule has 0 spiro atoms. The first-order valence-corrected chi connectivity index (χ1v) is 8.55. The van der Waals surface area contributed by atoms with E-state index in [0.717, 1.165) is 18.4 Å². The zero-order valence-electron chi connectivity index (χ0n) is 12.5. The van der Waals surface area contributed by atoms with Gasteiger partial charge in [0.15, 0.2) is 0 Å². The molecule has 1 saturated heterocycles. The van der Waals surface area contributed by atoms with Crippen LogP contribution in [0.1, 0.15) is 25.3 Å². The number of nitrogens with one attached hydrogen (secondary N) is 1. The predicted octanol–water partition coefficient (Wildman–Crippen LogP) is 1.54. The monoisotopic (exact) mass is 313 g/mol. The third-order valence-corrected chi connectivity index (χ3v) is 5.35. The summed E-state index contributed by atoms with van der Waals surface area (Å²) < 4.78 is 34.2. The zero-order valence-corrected chi connectivity index (χ0v) is 13.3. The molecule has 21 heavy (non-hydrogen) atoms. The van der Waals surface area contributed by atoms with Crippen LogP contribution >= 0.6 is 0 Å². The lowest BCUT2D eigenvalue weighted by Gasteiger charge is -2.29. The molecule has 7 heteroatoms. The Labute approximate surface area is 126 Å². The van der Waals surface area contributed by atoms with Crippen molar-refractivity contribution in [1.29, 1.82) is 0 Å². The van der Waals surface area contributed by atoms with Crippen molar-refractivity contribution in [2.75, 3.05) is 24.9 Å². The summed E-state index contributed by atoms with van der Waals surface area (Å²) in [5, 5.41) is 0. The van der Waals surface area contributed by atoms with Crippen LogP contribution in [0.25, 0.3) is 0 Å². The Balaban J connectivity index is 2.16. The summed E-state index contributed by atoms with van der Waals surface area (Å²) >= 11 is 0. The number of anilines is 1. The number of nitrogens with two attached hydrogens (primary N) is 1. The van der Waals surface area contributed by atoms with E-state index in [9.17, 15) is 8.42 Å². The van der Waals surface area contributed by atoms with Crippen molar-refractivity contribution >= 4 is 15.9 Å². The molecule has 6 nitrogen and oxygen atoms in total. The Morgan fingerprint density at radius 1 is 1.38 bits per heavy atom. The van der Waals surface area contributed by atoms with Gasteiger partial charge in [0.2, 0.25) is 0 Å². The zero-order chi connectivity index (χ0) is 15.5. The maximum atomic E-state index is 12.4. The molecule has 2 rings (SSSR count). The van der Waals surface area contributed by atoms with E-state index in [-0.39, 0.29) is 0 Å². The topological polar surface area (TPSA) is 84.7 Å². The fourth-order valence-corrected chi connectivity index (χ4v) is 3.64. The van der Waals surface area contributed by atoms with Gasteiger partial charge in [-0.3, -0.25) is 4.72 Å². The molecule has 0 atom stereocenters. The maximum Gasteiger partial charge on any atom is 0.301 e. The average Bonchev–Trinajstić information content (AvgIpc) is 2.47. The van der Waals surface area contributed by atoms with Crippen LogP contribution in [0, 0.1) is 5.92 Å². The van der Waals surface area contributed by atoms with Crippen molar-refractivity contribution in [2.24, 2.45) is 11.7 Å². The number of rotatable bonds is 5. The van der Waals surface area contributed by atoms with Gasteiger partial charge in [-0.1, -0.05) is 13.0 Å². The van der Waals surface area contributed by atoms with E-state index in [1.165, 1.54) is 11.4 Å². The number of hydrogen-bond donors (Lipinski definition) is 2. The van der Waals surface area contributed by atoms with Gasteiger partial charge in [-0.2, -0.15) is 12.7 Å². The van der Waals surface area contributed by atoms with Gasteiger partial charge in [0.25, 0.3) is 0 Å². The average molecular weight is 313 g/mol. The molecule has 0 aromatic heterocycles. The first kappa shape index (κ1) is 16.1. The Morgan fingerprint density at radius 3 is 2.62 bits per heavy atom. The molecule has 1 aromatic carbocycles. The van der Waals surface area contributed by atoms with E-state index in [1.54, 1.807) is 18.2 Å². The molecule has 0 unspecified atom stereocenters. The second-order valence-corrected chi connectivity index (χ2v) is 7.10. The molecule has 3 N–H and O–H groups in total. The lowest BCUT2D eigenvalue weighted by atomic mass is 10.0. The number of hydrogen-bond acceptors (Lipinski definition) is 4. The van der Waals surface area contributed by atoms with Gasteiger partial charge in [-0.25, -0.2) is 0 Å². The smallest absolute Gasteiger partial charge is 0.301 e. The SMILES string of the molecule is COc1cc(CN)ccc1NS(=O)(=O)N1CCC(C)CC1. The molecule has 1 aromatic rings. The van der Waals surface area contributed by atoms with E-state index in [0.29, 0.717) is 37.0 Å². The van der Waals surface area contributed by atoms with Crippen LogP contribution in [0.3, 0.4) is 0 Å². The number of benzene rings is 1. The Hall–Kier alpha value is -1.31. The van der Waals surface area contributed by atoms with Crippen molar-refractivity contribution in [1.82, 2.24) is 4.31 Å². The molecule has 0 amide bonds. The molecule has 1 heterocycles. The van der Waals surface area contributed by atoms with Crippen molar-refractivity contribution in [3.05, 3.63) is 23.8 Å². The highest BCUT2D eigenvalue weighted by molar-refractivity contribution is 7.90.